The fourth-order valence-electron chi connectivity index (χ4n) is 3.48. The highest BCUT2D eigenvalue weighted by Gasteiger charge is 2.24. The molecule has 4 nitrogen and oxygen atoms in total. The summed E-state index contributed by atoms with van der Waals surface area (Å²) in [4.78, 5) is 0.831. The summed E-state index contributed by atoms with van der Waals surface area (Å²) >= 11 is 1.60. The number of benzene rings is 3. The summed E-state index contributed by atoms with van der Waals surface area (Å²) in [6.45, 7) is 0. The molecule has 136 valence electrons. The van der Waals surface area contributed by atoms with Gasteiger partial charge in [-0.05, 0) is 16.7 Å². The second-order valence-electron chi connectivity index (χ2n) is 6.67. The van der Waals surface area contributed by atoms with E-state index >= 15 is 0 Å². The van der Waals surface area contributed by atoms with E-state index in [1.54, 1.807) is 11.3 Å². The van der Waals surface area contributed by atoms with E-state index < -0.39 is 0 Å². The maximum atomic E-state index is 4.85. The monoisotopic (exact) mass is 382 g/mol. The van der Waals surface area contributed by atoms with Crippen LogP contribution in [0.5, 0.6) is 0 Å². The largest absolute Gasteiger partial charge is 0.234 e. The summed E-state index contributed by atoms with van der Waals surface area (Å²) in [6.07, 6.45) is 0.801. The van der Waals surface area contributed by atoms with Gasteiger partial charge < -0.3 is 0 Å². The standard InChI is InChI=1S/C23H18N4S/c1-4-10-17(11-5-1)16-20-26-27-22(24-25-23(27)28-20)21(18-12-6-2-7-13-18)19-14-8-3-9-15-19/h1-15,21H,16H2. The summed E-state index contributed by atoms with van der Waals surface area (Å²) in [6, 6.07) is 31.2. The minimum atomic E-state index is -0.0101. The number of aromatic nitrogens is 4. The van der Waals surface area contributed by atoms with Crippen molar-refractivity contribution >= 4 is 16.3 Å². The van der Waals surface area contributed by atoms with Gasteiger partial charge in [0.15, 0.2) is 5.82 Å². The van der Waals surface area contributed by atoms with Crippen LogP contribution in [0.2, 0.25) is 0 Å². The highest BCUT2D eigenvalue weighted by molar-refractivity contribution is 7.16. The topological polar surface area (TPSA) is 43.1 Å². The quantitative estimate of drug-likeness (QED) is 0.432. The number of hydrogen-bond donors (Lipinski definition) is 0. The van der Waals surface area contributed by atoms with Gasteiger partial charge in [-0.25, -0.2) is 0 Å². The zero-order chi connectivity index (χ0) is 18.8. The van der Waals surface area contributed by atoms with E-state index in [9.17, 15) is 0 Å². The van der Waals surface area contributed by atoms with E-state index in [2.05, 4.69) is 83.0 Å². The molecular weight excluding hydrogens is 364 g/mol. The van der Waals surface area contributed by atoms with Gasteiger partial charge in [0.2, 0.25) is 4.96 Å². The first-order valence-corrected chi connectivity index (χ1v) is 10.0. The van der Waals surface area contributed by atoms with Gasteiger partial charge in [-0.2, -0.15) is 9.61 Å². The summed E-state index contributed by atoms with van der Waals surface area (Å²) in [5.74, 6) is 0.840. The third kappa shape index (κ3) is 3.21. The molecule has 0 radical (unpaired) electrons. The van der Waals surface area contributed by atoms with E-state index in [-0.39, 0.29) is 5.92 Å². The van der Waals surface area contributed by atoms with Gasteiger partial charge in [-0.15, -0.1) is 10.2 Å². The van der Waals surface area contributed by atoms with Crippen molar-refractivity contribution < 1.29 is 0 Å². The second-order valence-corrected chi connectivity index (χ2v) is 7.71. The van der Waals surface area contributed by atoms with Gasteiger partial charge in [-0.1, -0.05) is 102 Å². The Labute approximate surface area is 167 Å². The first kappa shape index (κ1) is 16.8. The number of fused-ring (bicyclic) bond motifs is 1. The van der Waals surface area contributed by atoms with Gasteiger partial charge in [0.25, 0.3) is 0 Å². The lowest BCUT2D eigenvalue weighted by molar-refractivity contribution is 0.773. The molecule has 0 N–H and O–H groups in total. The van der Waals surface area contributed by atoms with Gasteiger partial charge in [0, 0.05) is 6.42 Å². The van der Waals surface area contributed by atoms with E-state index in [4.69, 9.17) is 5.10 Å². The van der Waals surface area contributed by atoms with Gasteiger partial charge in [0.1, 0.15) is 5.01 Å². The number of rotatable bonds is 5. The van der Waals surface area contributed by atoms with Crippen LogP contribution in [0.15, 0.2) is 91.0 Å². The Kier molecular flexibility index (Phi) is 4.43. The summed E-state index contributed by atoms with van der Waals surface area (Å²) in [5, 5.41) is 14.8. The molecule has 0 bridgehead atoms. The predicted molar refractivity (Wildman–Crippen MR) is 112 cm³/mol. The molecule has 5 heteroatoms. The van der Waals surface area contributed by atoms with Gasteiger partial charge >= 0.3 is 0 Å². The normalized spacial score (nSPS) is 11.3. The SMILES string of the molecule is c1ccc(Cc2nn3c(C(c4ccccc4)c4ccccc4)nnc3s2)cc1. The van der Waals surface area contributed by atoms with Crippen LogP contribution in [-0.2, 0) is 6.42 Å². The minimum absolute atomic E-state index is 0.0101. The van der Waals surface area contributed by atoms with Gasteiger partial charge in [-0.3, -0.25) is 0 Å². The Morgan fingerprint density at radius 3 is 1.89 bits per heavy atom. The maximum Gasteiger partial charge on any atom is 0.234 e. The van der Waals surface area contributed by atoms with Crippen molar-refractivity contribution in [3.63, 3.8) is 0 Å². The summed E-state index contributed by atoms with van der Waals surface area (Å²) in [5.41, 5.74) is 3.61. The van der Waals surface area contributed by atoms with Crippen LogP contribution in [0.3, 0.4) is 0 Å². The molecule has 0 aliphatic rings. The zero-order valence-electron chi connectivity index (χ0n) is 15.1. The third-order valence-electron chi connectivity index (χ3n) is 4.78. The van der Waals surface area contributed by atoms with Crippen molar-refractivity contribution in [2.24, 2.45) is 0 Å². The van der Waals surface area contributed by atoms with E-state index in [0.717, 1.165) is 22.2 Å². The van der Waals surface area contributed by atoms with Crippen molar-refractivity contribution in [1.29, 1.82) is 0 Å². The van der Waals surface area contributed by atoms with Crippen molar-refractivity contribution in [3.8, 4) is 0 Å². The van der Waals surface area contributed by atoms with Crippen molar-refractivity contribution in [2.75, 3.05) is 0 Å². The van der Waals surface area contributed by atoms with Crippen LogP contribution in [0.25, 0.3) is 4.96 Å². The van der Waals surface area contributed by atoms with Crippen LogP contribution in [0.4, 0.5) is 0 Å². The number of hydrogen-bond acceptors (Lipinski definition) is 4. The fourth-order valence-corrected chi connectivity index (χ4v) is 4.35. The molecule has 5 rings (SSSR count). The Morgan fingerprint density at radius 2 is 1.29 bits per heavy atom. The first-order chi connectivity index (χ1) is 13.9. The van der Waals surface area contributed by atoms with Crippen LogP contribution in [0, 0.1) is 0 Å². The molecule has 0 aliphatic carbocycles. The Balaban J connectivity index is 1.59. The molecule has 2 aromatic heterocycles. The molecule has 0 amide bonds. The van der Waals surface area contributed by atoms with Crippen LogP contribution in [-0.4, -0.2) is 19.8 Å². The highest BCUT2D eigenvalue weighted by atomic mass is 32.1. The molecule has 0 saturated carbocycles. The van der Waals surface area contributed by atoms with E-state index in [0.29, 0.717) is 0 Å². The zero-order valence-corrected chi connectivity index (χ0v) is 16.0. The molecule has 3 aromatic carbocycles. The minimum Gasteiger partial charge on any atom is -0.186 e. The lowest BCUT2D eigenvalue weighted by Gasteiger charge is -2.15. The number of nitrogens with zero attached hydrogens (tertiary/aromatic N) is 4. The maximum absolute atomic E-state index is 4.85. The van der Waals surface area contributed by atoms with Gasteiger partial charge in [0.05, 0.1) is 5.92 Å². The Bertz CT molecular complexity index is 1140. The van der Waals surface area contributed by atoms with Crippen LogP contribution in [0.1, 0.15) is 33.4 Å². The Morgan fingerprint density at radius 1 is 0.714 bits per heavy atom. The molecular formula is C23H18N4S. The molecule has 0 aliphatic heterocycles. The first-order valence-electron chi connectivity index (χ1n) is 9.23. The Hall–Kier alpha value is -3.31. The molecule has 0 spiro atoms. The summed E-state index contributed by atoms with van der Waals surface area (Å²) < 4.78 is 1.91. The second kappa shape index (κ2) is 7.37. The molecule has 2 heterocycles. The molecule has 0 saturated heterocycles. The molecule has 0 fully saturated rings. The average Bonchev–Trinajstić information content (AvgIpc) is 3.32. The molecule has 5 aromatic rings. The van der Waals surface area contributed by atoms with E-state index in [1.807, 2.05) is 22.7 Å². The molecule has 0 atom stereocenters. The lowest BCUT2D eigenvalue weighted by atomic mass is 9.91. The van der Waals surface area contributed by atoms with Crippen molar-refractivity contribution in [1.82, 2.24) is 19.8 Å². The highest BCUT2D eigenvalue weighted by Crippen LogP contribution is 2.31. The van der Waals surface area contributed by atoms with Crippen LogP contribution < -0.4 is 0 Å². The predicted octanol–water partition coefficient (Wildman–Crippen LogP) is 4.96. The lowest BCUT2D eigenvalue weighted by Crippen LogP contribution is -2.09. The van der Waals surface area contributed by atoms with Crippen molar-refractivity contribution in [2.45, 2.75) is 12.3 Å². The van der Waals surface area contributed by atoms with Crippen molar-refractivity contribution in [3.05, 3.63) is 119 Å². The van der Waals surface area contributed by atoms with Crippen LogP contribution >= 0.6 is 11.3 Å². The third-order valence-corrected chi connectivity index (χ3v) is 5.68. The fraction of sp³-hybridized carbons (Fsp3) is 0.0870. The van der Waals surface area contributed by atoms with E-state index in [1.165, 1.54) is 16.7 Å². The molecule has 0 unspecified atom stereocenters. The molecule has 28 heavy (non-hydrogen) atoms. The smallest absolute Gasteiger partial charge is 0.186 e. The average molecular weight is 382 g/mol. The summed E-state index contributed by atoms with van der Waals surface area (Å²) in [7, 11) is 0.